The number of methoxy groups -OCH3 is 2. The first kappa shape index (κ1) is 29.7. The molecule has 0 spiro atoms. The number of nitrogens with zero attached hydrogens (tertiary/aromatic N) is 3. The number of rotatable bonds is 7. The molecule has 0 fully saturated rings. The number of urea groups is 1. The number of aromatic nitrogens is 4. The molecule has 0 bridgehead atoms. The van der Waals surface area contributed by atoms with Crippen molar-refractivity contribution in [1.82, 2.24) is 19.9 Å². The fourth-order valence-electron chi connectivity index (χ4n) is 4.54. The first-order chi connectivity index (χ1) is 20.5. The lowest BCUT2D eigenvalue weighted by molar-refractivity contribution is 0.262. The van der Waals surface area contributed by atoms with Crippen LogP contribution in [0.2, 0.25) is 5.15 Å². The van der Waals surface area contributed by atoms with Gasteiger partial charge in [-0.15, -0.1) is 0 Å². The highest BCUT2D eigenvalue weighted by molar-refractivity contribution is 6.32. The number of benzene rings is 2. The molecule has 11 heteroatoms. The highest BCUT2D eigenvalue weighted by Gasteiger charge is 2.24. The van der Waals surface area contributed by atoms with Crippen LogP contribution in [0.15, 0.2) is 54.9 Å². The molecule has 0 saturated heterocycles. The lowest BCUT2D eigenvalue weighted by Gasteiger charge is -2.17. The van der Waals surface area contributed by atoms with Crippen LogP contribution >= 0.6 is 11.6 Å². The van der Waals surface area contributed by atoms with Gasteiger partial charge in [-0.3, -0.25) is 10.3 Å². The zero-order valence-corrected chi connectivity index (χ0v) is 25.8. The van der Waals surface area contributed by atoms with Gasteiger partial charge in [0.2, 0.25) is 0 Å². The van der Waals surface area contributed by atoms with Crippen molar-refractivity contribution in [2.75, 3.05) is 24.9 Å². The zero-order chi connectivity index (χ0) is 30.9. The molecule has 0 aliphatic carbocycles. The fourth-order valence-corrected chi connectivity index (χ4v) is 4.75. The predicted molar refractivity (Wildman–Crippen MR) is 169 cm³/mol. The molecule has 0 unspecified atom stereocenters. The Morgan fingerprint density at radius 3 is 2.33 bits per heavy atom. The van der Waals surface area contributed by atoms with E-state index in [2.05, 4.69) is 25.6 Å². The molecule has 222 valence electrons. The molecule has 3 aromatic heterocycles. The van der Waals surface area contributed by atoms with Crippen molar-refractivity contribution in [3.8, 4) is 34.3 Å². The summed E-state index contributed by atoms with van der Waals surface area (Å²) in [5, 5.41) is 6.92. The van der Waals surface area contributed by atoms with Crippen LogP contribution in [-0.4, -0.2) is 40.2 Å². The number of carbonyl (C=O) groups is 1. The number of amides is 2. The second-order valence-electron chi connectivity index (χ2n) is 11.0. The smallest absolute Gasteiger partial charge is 0.324 e. The summed E-state index contributed by atoms with van der Waals surface area (Å²) in [7, 11) is 3.17. The molecule has 0 radical (unpaired) electrons. The lowest BCUT2D eigenvalue weighted by Crippen LogP contribution is -2.21. The monoisotopic (exact) mass is 600 g/mol. The number of carbonyl (C=O) groups excluding carboxylic acids is 1. The van der Waals surface area contributed by atoms with Crippen molar-refractivity contribution in [3.05, 3.63) is 77.0 Å². The van der Waals surface area contributed by atoms with Gasteiger partial charge in [-0.25, -0.2) is 14.8 Å². The van der Waals surface area contributed by atoms with Crippen molar-refractivity contribution in [2.45, 2.75) is 40.0 Å². The summed E-state index contributed by atoms with van der Waals surface area (Å²) in [6.07, 6.45) is 3.28. The predicted octanol–water partition coefficient (Wildman–Crippen LogP) is 8.04. The minimum absolute atomic E-state index is 0.291. The zero-order valence-electron chi connectivity index (χ0n) is 25.0. The first-order valence-corrected chi connectivity index (χ1v) is 14.0. The molecule has 2 aromatic carbocycles. The van der Waals surface area contributed by atoms with Gasteiger partial charge in [-0.1, -0.05) is 32.4 Å². The minimum Gasteiger partial charge on any atom is -0.493 e. The molecular weight excluding hydrogens is 568 g/mol. The van der Waals surface area contributed by atoms with Crippen molar-refractivity contribution in [3.63, 3.8) is 0 Å². The van der Waals surface area contributed by atoms with E-state index in [0.717, 1.165) is 16.5 Å². The summed E-state index contributed by atoms with van der Waals surface area (Å²) in [5.41, 5.74) is 3.88. The molecule has 0 atom stereocenters. The molecule has 43 heavy (non-hydrogen) atoms. The van der Waals surface area contributed by atoms with Crippen molar-refractivity contribution < 1.29 is 19.0 Å². The summed E-state index contributed by atoms with van der Waals surface area (Å²) in [5.74, 6) is 3.53. The van der Waals surface area contributed by atoms with Crippen LogP contribution in [0.1, 0.15) is 37.7 Å². The Bertz CT molecular complexity index is 1830. The Balaban J connectivity index is 1.40. The van der Waals surface area contributed by atoms with Gasteiger partial charge >= 0.3 is 6.03 Å². The molecule has 3 N–H and O–H groups in total. The molecule has 0 aliphatic heterocycles. The normalized spacial score (nSPS) is 11.3. The van der Waals surface area contributed by atoms with E-state index in [4.69, 9.17) is 30.8 Å². The summed E-state index contributed by atoms with van der Waals surface area (Å²) >= 11 is 6.37. The van der Waals surface area contributed by atoms with Crippen LogP contribution in [0.4, 0.5) is 16.3 Å². The number of H-pyrrole nitrogens is 1. The van der Waals surface area contributed by atoms with Gasteiger partial charge in [0.25, 0.3) is 0 Å². The Labute approximate surface area is 254 Å². The van der Waals surface area contributed by atoms with Gasteiger partial charge < -0.3 is 24.5 Å². The maximum absolute atomic E-state index is 13.2. The minimum atomic E-state index is -0.442. The Morgan fingerprint density at radius 2 is 1.63 bits per heavy atom. The first-order valence-electron chi connectivity index (χ1n) is 13.6. The van der Waals surface area contributed by atoms with E-state index in [1.165, 1.54) is 0 Å². The van der Waals surface area contributed by atoms with E-state index >= 15 is 0 Å². The maximum atomic E-state index is 13.2. The lowest BCUT2D eigenvalue weighted by atomic mass is 9.96. The molecule has 0 saturated carbocycles. The quantitative estimate of drug-likeness (QED) is 0.161. The third kappa shape index (κ3) is 6.05. The third-order valence-corrected chi connectivity index (χ3v) is 7.38. The number of hydrogen-bond donors (Lipinski definition) is 3. The van der Waals surface area contributed by atoms with Gasteiger partial charge in [0.15, 0.2) is 11.5 Å². The standard InChI is InChI=1S/C32H33ClN6O4/c1-17-18(2)23(43-24-12-14-34-22-16-26(42-7)25(41-6)15-20(22)24)11-10-21(17)36-31(40)39-29-27(19-9-8-13-35-28(19)33)37-30(38-29)32(3,4)5/h8-16H,1-7H3,(H,37,38)(H2,36,39,40). The average molecular weight is 601 g/mol. The number of nitrogens with one attached hydrogen (secondary N) is 3. The maximum Gasteiger partial charge on any atom is 0.324 e. The van der Waals surface area contributed by atoms with Crippen molar-refractivity contribution in [2.24, 2.45) is 0 Å². The number of halogens is 1. The number of anilines is 2. The summed E-state index contributed by atoms with van der Waals surface area (Å²) in [6, 6.07) is 12.2. The molecule has 5 aromatic rings. The van der Waals surface area contributed by atoms with E-state index in [1.54, 1.807) is 44.8 Å². The van der Waals surface area contributed by atoms with Gasteiger partial charge in [-0.05, 0) is 61.4 Å². The SMILES string of the molecule is COc1cc2nccc(Oc3ccc(NC(=O)Nc4[nH]c(C(C)(C)C)nc4-c4cccnc4Cl)c(C)c3C)c2cc1OC. The Morgan fingerprint density at radius 1 is 0.884 bits per heavy atom. The van der Waals surface area contributed by atoms with Crippen LogP contribution in [0.5, 0.6) is 23.0 Å². The third-order valence-electron chi connectivity index (χ3n) is 7.08. The Kier molecular flexibility index (Phi) is 8.14. The highest BCUT2D eigenvalue weighted by atomic mass is 35.5. The van der Waals surface area contributed by atoms with Crippen LogP contribution in [0.3, 0.4) is 0 Å². The van der Waals surface area contributed by atoms with Crippen molar-refractivity contribution >= 4 is 40.0 Å². The average Bonchev–Trinajstić information content (AvgIpc) is 3.40. The summed E-state index contributed by atoms with van der Waals surface area (Å²) in [4.78, 5) is 29.8. The van der Waals surface area contributed by atoms with Crippen LogP contribution in [-0.2, 0) is 5.41 Å². The van der Waals surface area contributed by atoms with Crippen LogP contribution in [0, 0.1) is 13.8 Å². The molecule has 10 nitrogen and oxygen atoms in total. The number of pyridine rings is 2. The van der Waals surface area contributed by atoms with E-state index in [9.17, 15) is 4.79 Å². The number of imidazole rings is 1. The summed E-state index contributed by atoms with van der Waals surface area (Å²) < 4.78 is 17.2. The fraction of sp³-hybridized carbons (Fsp3) is 0.250. The van der Waals surface area contributed by atoms with E-state index < -0.39 is 6.03 Å². The van der Waals surface area contributed by atoms with Gasteiger partial charge in [0.05, 0.1) is 19.7 Å². The highest BCUT2D eigenvalue weighted by Crippen LogP contribution is 2.39. The topological polar surface area (TPSA) is 123 Å². The van der Waals surface area contributed by atoms with Crippen molar-refractivity contribution in [1.29, 1.82) is 0 Å². The number of ether oxygens (including phenoxy) is 3. The molecular formula is C32H33ClN6O4. The molecule has 5 rings (SSSR count). The number of aromatic amines is 1. The molecule has 3 heterocycles. The molecule has 2 amide bonds. The molecule has 0 aliphatic rings. The van der Waals surface area contributed by atoms with Gasteiger partial charge in [0.1, 0.15) is 34.0 Å². The van der Waals surface area contributed by atoms with Gasteiger partial charge in [0, 0.05) is 40.5 Å². The van der Waals surface area contributed by atoms with Crippen LogP contribution < -0.4 is 24.8 Å². The largest absolute Gasteiger partial charge is 0.493 e. The van der Waals surface area contributed by atoms with E-state index in [1.807, 2.05) is 58.9 Å². The van der Waals surface area contributed by atoms with E-state index in [-0.39, 0.29) is 5.41 Å². The number of fused-ring (bicyclic) bond motifs is 1. The Hall–Kier alpha value is -4.83. The second kappa shape index (κ2) is 11.8. The number of hydrogen-bond acceptors (Lipinski definition) is 7. The van der Waals surface area contributed by atoms with Crippen LogP contribution in [0.25, 0.3) is 22.2 Å². The summed E-state index contributed by atoms with van der Waals surface area (Å²) in [6.45, 7) is 9.95. The van der Waals surface area contributed by atoms with Gasteiger partial charge in [-0.2, -0.15) is 0 Å². The van der Waals surface area contributed by atoms with E-state index in [0.29, 0.717) is 62.3 Å². The second-order valence-corrected chi connectivity index (χ2v) is 11.3.